The van der Waals surface area contributed by atoms with Gasteiger partial charge in [-0.25, -0.2) is 9.97 Å². The third kappa shape index (κ3) is 5.32. The number of aryl methyl sites for hydroxylation is 1. The van der Waals surface area contributed by atoms with Crippen LogP contribution in [0.2, 0.25) is 19.6 Å². The van der Waals surface area contributed by atoms with E-state index in [2.05, 4.69) is 51.5 Å². The van der Waals surface area contributed by atoms with Gasteiger partial charge in [0.15, 0.2) is 0 Å². The Balaban J connectivity index is 1.63. The summed E-state index contributed by atoms with van der Waals surface area (Å²) in [6.07, 6.45) is 5.56. The van der Waals surface area contributed by atoms with E-state index < -0.39 is 8.07 Å². The zero-order valence-corrected chi connectivity index (χ0v) is 19.7. The normalized spacial score (nSPS) is 11.2. The van der Waals surface area contributed by atoms with E-state index in [-0.39, 0.29) is 6.73 Å². The van der Waals surface area contributed by atoms with Gasteiger partial charge < -0.3 is 10.1 Å². The van der Waals surface area contributed by atoms with Crippen LogP contribution in [-0.4, -0.2) is 34.6 Å². The highest BCUT2D eigenvalue weighted by molar-refractivity contribution is 6.83. The molecule has 162 valence electrons. The van der Waals surface area contributed by atoms with E-state index in [4.69, 9.17) is 10.5 Å². The van der Waals surface area contributed by atoms with Crippen molar-refractivity contribution in [1.29, 1.82) is 0 Å². The minimum absolute atomic E-state index is 0.0886. The maximum absolute atomic E-state index is 5.58. The van der Waals surface area contributed by atoms with Crippen molar-refractivity contribution in [2.24, 2.45) is 12.8 Å². The second-order valence-electron chi connectivity index (χ2n) is 8.55. The predicted molar refractivity (Wildman–Crippen MR) is 131 cm³/mol. The maximum Gasteiger partial charge on any atom is 0.227 e. The monoisotopic (exact) mass is 442 g/mol. The molecule has 0 saturated carbocycles. The number of hydrogen-bond acceptors (Lipinski definition) is 6. The summed E-state index contributed by atoms with van der Waals surface area (Å²) in [6.45, 7) is 6.78. The number of nitrogens with zero attached hydrogens (tertiary/aromatic N) is 4. The van der Waals surface area contributed by atoms with Crippen molar-refractivity contribution in [3.63, 3.8) is 0 Å². The second-order valence-corrected chi connectivity index (χ2v) is 13.3. The van der Waals surface area contributed by atoms with Crippen molar-refractivity contribution in [2.75, 3.05) is 12.0 Å². The summed E-state index contributed by atoms with van der Waals surface area (Å²) in [5, 5.41) is 8.48. The molecule has 0 amide bonds. The average molecular weight is 443 g/mol. The predicted octanol–water partition coefficient (Wildman–Crippen LogP) is 4.30. The van der Waals surface area contributed by atoms with Crippen LogP contribution in [0.15, 0.2) is 55.0 Å². The maximum atomic E-state index is 5.58. The number of benzene rings is 2. The summed E-state index contributed by atoms with van der Waals surface area (Å²) in [5.41, 5.74) is 13.5. The van der Waals surface area contributed by atoms with Crippen molar-refractivity contribution in [2.45, 2.75) is 19.6 Å². The van der Waals surface area contributed by atoms with Gasteiger partial charge in [0.25, 0.3) is 0 Å². The molecule has 4 rings (SSSR count). The Morgan fingerprint density at radius 2 is 1.94 bits per heavy atom. The molecule has 0 spiro atoms. The summed E-state index contributed by atoms with van der Waals surface area (Å²) in [5.74, 6) is 4.44. The van der Waals surface area contributed by atoms with Gasteiger partial charge in [-0.15, -0.1) is 5.54 Å². The molecule has 7 nitrogen and oxygen atoms in total. The summed E-state index contributed by atoms with van der Waals surface area (Å²) >= 11 is 0. The van der Waals surface area contributed by atoms with Gasteiger partial charge in [-0.2, -0.15) is 5.10 Å². The number of hydrogen-bond donors (Lipinski definition) is 2. The van der Waals surface area contributed by atoms with Crippen molar-refractivity contribution < 1.29 is 4.74 Å². The van der Waals surface area contributed by atoms with E-state index in [0.29, 0.717) is 11.7 Å². The number of fused-ring (bicyclic) bond motifs is 1. The first kappa shape index (κ1) is 21.6. The SMILES string of the molecule is Cn1cc(-c2cc(Nc3ncc4cc(C#C[Si](C)(C)C)ccc4n3)cc(OCN)c2)cn1. The van der Waals surface area contributed by atoms with Gasteiger partial charge in [-0.05, 0) is 35.9 Å². The lowest BCUT2D eigenvalue weighted by molar-refractivity contribution is 0.330. The van der Waals surface area contributed by atoms with Gasteiger partial charge in [-0.1, -0.05) is 25.6 Å². The summed E-state index contributed by atoms with van der Waals surface area (Å²) in [6, 6.07) is 11.8. The fraction of sp³-hybridized carbons (Fsp3) is 0.208. The third-order valence-corrected chi connectivity index (χ3v) is 5.49. The first-order chi connectivity index (χ1) is 15.3. The first-order valence-electron chi connectivity index (χ1n) is 10.3. The topological polar surface area (TPSA) is 90.9 Å². The Bertz CT molecular complexity index is 1330. The zero-order valence-electron chi connectivity index (χ0n) is 18.7. The van der Waals surface area contributed by atoms with Gasteiger partial charge >= 0.3 is 0 Å². The van der Waals surface area contributed by atoms with Crippen molar-refractivity contribution in [1.82, 2.24) is 19.7 Å². The van der Waals surface area contributed by atoms with Crippen molar-refractivity contribution >= 4 is 30.6 Å². The number of anilines is 2. The van der Waals surface area contributed by atoms with Crippen LogP contribution in [0.4, 0.5) is 11.6 Å². The summed E-state index contributed by atoms with van der Waals surface area (Å²) < 4.78 is 7.30. The lowest BCUT2D eigenvalue weighted by atomic mass is 10.1. The lowest BCUT2D eigenvalue weighted by Gasteiger charge is -2.11. The van der Waals surface area contributed by atoms with Gasteiger partial charge in [0.2, 0.25) is 5.95 Å². The third-order valence-electron chi connectivity index (χ3n) is 4.61. The van der Waals surface area contributed by atoms with E-state index in [1.165, 1.54) is 0 Å². The number of aromatic nitrogens is 4. The van der Waals surface area contributed by atoms with E-state index >= 15 is 0 Å². The number of ether oxygens (including phenoxy) is 1. The van der Waals surface area contributed by atoms with Crippen molar-refractivity contribution in [3.05, 3.63) is 60.6 Å². The fourth-order valence-corrected chi connectivity index (χ4v) is 3.67. The molecule has 4 aromatic rings. The molecular formula is C24H26N6OSi. The van der Waals surface area contributed by atoms with E-state index in [1.807, 2.05) is 55.8 Å². The molecule has 0 saturated heterocycles. The molecule has 0 fully saturated rings. The van der Waals surface area contributed by atoms with Crippen LogP contribution >= 0.6 is 0 Å². The van der Waals surface area contributed by atoms with Gasteiger partial charge in [0.1, 0.15) is 20.6 Å². The lowest BCUT2D eigenvalue weighted by Crippen LogP contribution is -2.16. The van der Waals surface area contributed by atoms with Crippen molar-refractivity contribution in [3.8, 4) is 28.3 Å². The molecule has 2 aromatic heterocycles. The summed E-state index contributed by atoms with van der Waals surface area (Å²) in [7, 11) is 0.459. The van der Waals surface area contributed by atoms with Crippen LogP contribution in [0.3, 0.4) is 0 Å². The second kappa shape index (κ2) is 8.83. The van der Waals surface area contributed by atoms with Crippen LogP contribution in [-0.2, 0) is 7.05 Å². The van der Waals surface area contributed by atoms with Crippen LogP contribution in [0, 0.1) is 11.5 Å². The van der Waals surface area contributed by atoms with Gasteiger partial charge in [-0.3, -0.25) is 10.4 Å². The first-order valence-corrected chi connectivity index (χ1v) is 13.8. The van der Waals surface area contributed by atoms with Crippen LogP contribution in [0.25, 0.3) is 22.0 Å². The van der Waals surface area contributed by atoms with E-state index in [0.717, 1.165) is 33.3 Å². The highest BCUT2D eigenvalue weighted by Crippen LogP contribution is 2.29. The standard InChI is InChI=1S/C24H26N6OSi/c1-30-15-20(14-27-30)18-10-21(12-22(11-18)31-16-25)28-24-26-13-19-9-17(5-6-23(19)29-24)7-8-32(2,3)4/h5-6,9-15H,16,25H2,1-4H3,(H,26,28,29). The van der Waals surface area contributed by atoms with Gasteiger partial charge in [0.05, 0.1) is 11.7 Å². The number of nitrogens with one attached hydrogen (secondary N) is 1. The zero-order chi connectivity index (χ0) is 22.7. The molecule has 3 N–H and O–H groups in total. The Kier molecular flexibility index (Phi) is 5.94. The molecule has 0 radical (unpaired) electrons. The minimum atomic E-state index is -1.42. The molecule has 0 unspecified atom stereocenters. The Morgan fingerprint density at radius 3 is 2.66 bits per heavy atom. The Labute approximate surface area is 188 Å². The molecular weight excluding hydrogens is 416 g/mol. The molecule has 0 aliphatic heterocycles. The fourth-order valence-electron chi connectivity index (χ4n) is 3.15. The van der Waals surface area contributed by atoms with Crippen LogP contribution < -0.4 is 15.8 Å². The summed E-state index contributed by atoms with van der Waals surface area (Å²) in [4.78, 5) is 9.15. The van der Waals surface area contributed by atoms with Crippen LogP contribution in [0.1, 0.15) is 5.56 Å². The molecule has 2 heterocycles. The Morgan fingerprint density at radius 1 is 1.09 bits per heavy atom. The molecule has 2 aromatic carbocycles. The molecule has 8 heteroatoms. The molecule has 32 heavy (non-hydrogen) atoms. The van der Waals surface area contributed by atoms with E-state index in [1.54, 1.807) is 10.9 Å². The van der Waals surface area contributed by atoms with Gasteiger partial charge in [0, 0.05) is 47.7 Å². The molecule has 0 aliphatic rings. The number of nitrogens with two attached hydrogens (primary N) is 1. The average Bonchev–Trinajstić information content (AvgIpc) is 3.18. The highest BCUT2D eigenvalue weighted by atomic mass is 28.3. The smallest absolute Gasteiger partial charge is 0.227 e. The Hall–Kier alpha value is -3.67. The van der Waals surface area contributed by atoms with E-state index in [9.17, 15) is 0 Å². The minimum Gasteiger partial charge on any atom is -0.479 e. The molecule has 0 aliphatic carbocycles. The highest BCUT2D eigenvalue weighted by Gasteiger charge is 2.09. The number of rotatable bonds is 5. The molecule has 0 bridgehead atoms. The quantitative estimate of drug-likeness (QED) is 0.272. The van der Waals surface area contributed by atoms with Crippen LogP contribution in [0.5, 0.6) is 5.75 Å². The molecule has 0 atom stereocenters. The largest absolute Gasteiger partial charge is 0.479 e.